The molecule has 140 valence electrons. The number of methoxy groups -OCH3 is 3. The fourth-order valence-electron chi connectivity index (χ4n) is 2.79. The van der Waals surface area contributed by atoms with Gasteiger partial charge in [-0.3, -0.25) is 0 Å². The fourth-order valence-corrected chi connectivity index (χ4v) is 2.79. The zero-order valence-electron chi connectivity index (χ0n) is 15.5. The van der Waals surface area contributed by atoms with Crippen LogP contribution >= 0.6 is 0 Å². The maximum atomic E-state index is 5.37. The third-order valence-corrected chi connectivity index (χ3v) is 4.27. The van der Waals surface area contributed by atoms with Crippen LogP contribution in [0, 0.1) is 0 Å². The summed E-state index contributed by atoms with van der Waals surface area (Å²) >= 11 is 0. The molecular weight excluding hydrogens is 336 g/mol. The molecule has 0 spiro atoms. The largest absolute Gasteiger partial charge is 0.493 e. The van der Waals surface area contributed by atoms with E-state index >= 15 is 0 Å². The van der Waals surface area contributed by atoms with E-state index < -0.39 is 0 Å². The Morgan fingerprint density at radius 1 is 0.923 bits per heavy atom. The number of ether oxygens (including phenoxy) is 3. The van der Waals surface area contributed by atoms with Gasteiger partial charge in [0, 0.05) is 44.0 Å². The molecule has 1 N–H and O–H groups in total. The van der Waals surface area contributed by atoms with Crippen LogP contribution in [0.5, 0.6) is 17.2 Å². The van der Waals surface area contributed by atoms with Crippen molar-refractivity contribution in [1.29, 1.82) is 0 Å². The van der Waals surface area contributed by atoms with Gasteiger partial charge in [-0.2, -0.15) is 4.98 Å². The zero-order chi connectivity index (χ0) is 18.5. The molecule has 0 bridgehead atoms. The molecule has 0 saturated carbocycles. The van der Waals surface area contributed by atoms with E-state index in [-0.39, 0.29) is 0 Å². The van der Waals surface area contributed by atoms with Crippen LogP contribution in [0.15, 0.2) is 18.5 Å². The molecule has 1 fully saturated rings. The molecular formula is C17H24N6O3. The summed E-state index contributed by atoms with van der Waals surface area (Å²) in [6, 6.07) is 3.61. The van der Waals surface area contributed by atoms with Gasteiger partial charge >= 0.3 is 0 Å². The molecule has 0 radical (unpaired) electrons. The summed E-state index contributed by atoms with van der Waals surface area (Å²) in [6.45, 7) is 3.76. The van der Waals surface area contributed by atoms with Gasteiger partial charge in [-0.25, -0.2) is 9.97 Å². The lowest BCUT2D eigenvalue weighted by atomic mass is 10.2. The quantitative estimate of drug-likeness (QED) is 0.821. The molecule has 0 aliphatic carbocycles. The lowest BCUT2D eigenvalue weighted by molar-refractivity contribution is 0.311. The van der Waals surface area contributed by atoms with E-state index in [1.165, 1.54) is 6.33 Å². The van der Waals surface area contributed by atoms with E-state index in [2.05, 4.69) is 37.1 Å². The highest BCUT2D eigenvalue weighted by molar-refractivity contribution is 5.65. The van der Waals surface area contributed by atoms with Crippen molar-refractivity contribution in [2.24, 2.45) is 0 Å². The third-order valence-electron chi connectivity index (χ3n) is 4.27. The Labute approximate surface area is 152 Å². The van der Waals surface area contributed by atoms with Crippen molar-refractivity contribution in [3.05, 3.63) is 18.5 Å². The van der Waals surface area contributed by atoms with Gasteiger partial charge in [-0.15, -0.1) is 0 Å². The molecule has 2 heterocycles. The number of likely N-dealkylation sites (N-methyl/N-ethyl adjacent to an activating group) is 1. The summed E-state index contributed by atoms with van der Waals surface area (Å²) in [5.41, 5.74) is 0.732. The van der Waals surface area contributed by atoms with Gasteiger partial charge in [-0.1, -0.05) is 0 Å². The molecule has 1 aliphatic rings. The molecule has 0 atom stereocenters. The molecule has 1 aromatic carbocycles. The van der Waals surface area contributed by atoms with Crippen molar-refractivity contribution in [2.75, 3.05) is 64.8 Å². The minimum atomic E-state index is 0.461. The number of hydrogen-bond donors (Lipinski definition) is 1. The molecule has 3 rings (SSSR count). The van der Waals surface area contributed by atoms with Crippen LogP contribution in [0.3, 0.4) is 0 Å². The van der Waals surface area contributed by atoms with E-state index in [4.69, 9.17) is 14.2 Å². The monoisotopic (exact) mass is 360 g/mol. The fraction of sp³-hybridized carbons (Fsp3) is 0.471. The van der Waals surface area contributed by atoms with Gasteiger partial charge in [0.25, 0.3) is 0 Å². The average molecular weight is 360 g/mol. The van der Waals surface area contributed by atoms with Crippen LogP contribution in [0.4, 0.5) is 17.6 Å². The first-order chi connectivity index (χ1) is 12.6. The minimum Gasteiger partial charge on any atom is -0.493 e. The zero-order valence-corrected chi connectivity index (χ0v) is 15.5. The first-order valence-corrected chi connectivity index (χ1v) is 8.34. The van der Waals surface area contributed by atoms with Crippen molar-refractivity contribution < 1.29 is 14.2 Å². The van der Waals surface area contributed by atoms with E-state index in [9.17, 15) is 0 Å². The highest BCUT2D eigenvalue weighted by Crippen LogP contribution is 2.40. The van der Waals surface area contributed by atoms with Gasteiger partial charge in [-0.05, 0) is 7.05 Å². The average Bonchev–Trinajstić information content (AvgIpc) is 2.68. The SMILES string of the molecule is COc1cc(Nc2ncnc(N3CCN(C)CC3)n2)cc(OC)c1OC. The lowest BCUT2D eigenvalue weighted by Gasteiger charge is -2.32. The van der Waals surface area contributed by atoms with Crippen LogP contribution in [0.25, 0.3) is 0 Å². The normalized spacial score (nSPS) is 14.8. The number of aromatic nitrogens is 3. The lowest BCUT2D eigenvalue weighted by Crippen LogP contribution is -2.45. The number of benzene rings is 1. The molecule has 0 amide bonds. The predicted octanol–water partition coefficient (Wildman–Crippen LogP) is 1.39. The summed E-state index contributed by atoms with van der Waals surface area (Å²) in [5.74, 6) is 2.78. The van der Waals surface area contributed by atoms with Gasteiger partial charge in [0.15, 0.2) is 11.5 Å². The standard InChI is InChI=1S/C17H24N6O3/c1-22-5-7-23(8-6-22)17-19-11-18-16(21-17)20-12-9-13(24-2)15(26-4)14(10-12)25-3/h9-11H,5-8H2,1-4H3,(H,18,19,20,21). The van der Waals surface area contributed by atoms with Crippen LogP contribution in [0.2, 0.25) is 0 Å². The number of rotatable bonds is 6. The number of nitrogens with one attached hydrogen (secondary N) is 1. The summed E-state index contributed by atoms with van der Waals surface area (Å²) in [7, 11) is 6.84. The molecule has 1 saturated heterocycles. The highest BCUT2D eigenvalue weighted by Gasteiger charge is 2.18. The van der Waals surface area contributed by atoms with E-state index in [0.29, 0.717) is 29.1 Å². The molecule has 2 aromatic rings. The highest BCUT2D eigenvalue weighted by atomic mass is 16.5. The molecule has 0 unspecified atom stereocenters. The van der Waals surface area contributed by atoms with Gasteiger partial charge in [0.05, 0.1) is 21.3 Å². The second kappa shape index (κ2) is 8.05. The van der Waals surface area contributed by atoms with Crippen molar-refractivity contribution in [1.82, 2.24) is 19.9 Å². The molecule has 1 aliphatic heterocycles. The Balaban J connectivity index is 1.82. The number of anilines is 3. The van der Waals surface area contributed by atoms with Crippen LogP contribution in [-0.4, -0.2) is 74.4 Å². The van der Waals surface area contributed by atoms with Crippen LogP contribution < -0.4 is 24.4 Å². The van der Waals surface area contributed by atoms with E-state index in [0.717, 1.165) is 31.9 Å². The van der Waals surface area contributed by atoms with Crippen molar-refractivity contribution in [3.63, 3.8) is 0 Å². The maximum absolute atomic E-state index is 5.37. The third kappa shape index (κ3) is 3.88. The Morgan fingerprint density at radius 3 is 2.15 bits per heavy atom. The number of nitrogens with zero attached hydrogens (tertiary/aromatic N) is 5. The van der Waals surface area contributed by atoms with Crippen LogP contribution in [-0.2, 0) is 0 Å². The first-order valence-electron chi connectivity index (χ1n) is 8.34. The molecule has 26 heavy (non-hydrogen) atoms. The van der Waals surface area contributed by atoms with Crippen molar-refractivity contribution in [2.45, 2.75) is 0 Å². The smallest absolute Gasteiger partial charge is 0.232 e. The second-order valence-electron chi connectivity index (χ2n) is 5.94. The Bertz CT molecular complexity index is 724. The van der Waals surface area contributed by atoms with Gasteiger partial charge < -0.3 is 29.3 Å². The van der Waals surface area contributed by atoms with Crippen molar-refractivity contribution in [3.8, 4) is 17.2 Å². The molecule has 9 heteroatoms. The van der Waals surface area contributed by atoms with Crippen LogP contribution in [0.1, 0.15) is 0 Å². The van der Waals surface area contributed by atoms with Gasteiger partial charge in [0.1, 0.15) is 6.33 Å². The Hall–Kier alpha value is -2.81. The molecule has 1 aromatic heterocycles. The topological polar surface area (TPSA) is 84.9 Å². The summed E-state index contributed by atoms with van der Waals surface area (Å²) in [6.07, 6.45) is 1.51. The summed E-state index contributed by atoms with van der Waals surface area (Å²) < 4.78 is 16.1. The second-order valence-corrected chi connectivity index (χ2v) is 5.94. The number of hydrogen-bond acceptors (Lipinski definition) is 9. The summed E-state index contributed by atoms with van der Waals surface area (Å²) in [5, 5.41) is 3.18. The predicted molar refractivity (Wildman–Crippen MR) is 98.9 cm³/mol. The summed E-state index contributed by atoms with van der Waals surface area (Å²) in [4.78, 5) is 17.5. The van der Waals surface area contributed by atoms with E-state index in [1.54, 1.807) is 33.5 Å². The number of piperazine rings is 1. The Kier molecular flexibility index (Phi) is 5.57. The first kappa shape index (κ1) is 18.0. The molecule has 9 nitrogen and oxygen atoms in total. The Morgan fingerprint density at radius 2 is 1.58 bits per heavy atom. The minimum absolute atomic E-state index is 0.461. The van der Waals surface area contributed by atoms with Crippen molar-refractivity contribution >= 4 is 17.6 Å². The van der Waals surface area contributed by atoms with E-state index in [1.807, 2.05) is 0 Å². The van der Waals surface area contributed by atoms with Gasteiger partial charge in [0.2, 0.25) is 17.6 Å². The maximum Gasteiger partial charge on any atom is 0.232 e.